The number of aromatic nitrogens is 4. The summed E-state index contributed by atoms with van der Waals surface area (Å²) in [5.74, 6) is 1.24. The Labute approximate surface area is 104 Å². The van der Waals surface area contributed by atoms with E-state index in [0.717, 1.165) is 22.6 Å². The van der Waals surface area contributed by atoms with Gasteiger partial charge in [0.25, 0.3) is 0 Å². The number of H-pyrrole nitrogens is 1. The molecule has 0 unspecified atom stereocenters. The molecule has 0 atom stereocenters. The highest BCUT2D eigenvalue weighted by molar-refractivity contribution is 5.78. The van der Waals surface area contributed by atoms with Gasteiger partial charge in [-0.05, 0) is 12.1 Å². The van der Waals surface area contributed by atoms with Crippen LogP contribution in [0.2, 0.25) is 0 Å². The Kier molecular flexibility index (Phi) is 2.37. The zero-order valence-electron chi connectivity index (χ0n) is 9.80. The van der Waals surface area contributed by atoms with Gasteiger partial charge in [-0.15, -0.1) is 6.58 Å². The van der Waals surface area contributed by atoms with E-state index in [2.05, 4.69) is 21.6 Å². The number of rotatable bonds is 3. The lowest BCUT2D eigenvalue weighted by molar-refractivity contribution is 0.711. The first-order valence-corrected chi connectivity index (χ1v) is 5.67. The number of imidazole rings is 1. The molecule has 5 heteroatoms. The molecule has 0 fully saturated rings. The fourth-order valence-electron chi connectivity index (χ4n) is 1.96. The largest absolute Gasteiger partial charge is 0.382 e. The van der Waals surface area contributed by atoms with Crippen molar-refractivity contribution in [2.24, 2.45) is 0 Å². The number of anilines is 1. The normalized spacial score (nSPS) is 10.9. The van der Waals surface area contributed by atoms with Crippen LogP contribution >= 0.6 is 0 Å². The summed E-state index contributed by atoms with van der Waals surface area (Å²) in [5, 5.41) is 4.21. The number of aromatic amines is 1. The smallest absolute Gasteiger partial charge is 0.156 e. The Morgan fingerprint density at radius 3 is 3.00 bits per heavy atom. The summed E-state index contributed by atoms with van der Waals surface area (Å²) in [5.41, 5.74) is 8.52. The molecule has 90 valence electrons. The van der Waals surface area contributed by atoms with Gasteiger partial charge in [0.2, 0.25) is 0 Å². The number of nitrogens with one attached hydrogen (secondary N) is 1. The number of para-hydroxylation sites is 2. The lowest BCUT2D eigenvalue weighted by Crippen LogP contribution is -2.01. The van der Waals surface area contributed by atoms with Gasteiger partial charge in [0.15, 0.2) is 5.82 Å². The Bertz CT molecular complexity index is 674. The maximum Gasteiger partial charge on any atom is 0.156 e. The molecular weight excluding hydrogens is 226 g/mol. The summed E-state index contributed by atoms with van der Waals surface area (Å²) in [7, 11) is 0. The van der Waals surface area contributed by atoms with Crippen LogP contribution in [0.25, 0.3) is 22.6 Å². The van der Waals surface area contributed by atoms with Crippen molar-refractivity contribution in [3.63, 3.8) is 0 Å². The molecule has 0 spiro atoms. The van der Waals surface area contributed by atoms with E-state index in [0.29, 0.717) is 12.4 Å². The molecule has 3 N–H and O–H groups in total. The molecule has 0 saturated heterocycles. The number of benzene rings is 1. The van der Waals surface area contributed by atoms with Crippen LogP contribution in [-0.2, 0) is 6.54 Å². The van der Waals surface area contributed by atoms with Crippen LogP contribution in [0.15, 0.2) is 43.0 Å². The van der Waals surface area contributed by atoms with Gasteiger partial charge in [0.1, 0.15) is 11.5 Å². The maximum atomic E-state index is 5.73. The average molecular weight is 239 g/mol. The fraction of sp³-hybridized carbons (Fsp3) is 0.0769. The van der Waals surface area contributed by atoms with Gasteiger partial charge in [0, 0.05) is 6.07 Å². The van der Waals surface area contributed by atoms with E-state index in [4.69, 9.17) is 5.73 Å². The molecule has 0 amide bonds. The number of hydrogen-bond acceptors (Lipinski definition) is 3. The molecular formula is C13H13N5. The highest BCUT2D eigenvalue weighted by Gasteiger charge is 2.11. The van der Waals surface area contributed by atoms with E-state index in [-0.39, 0.29) is 0 Å². The van der Waals surface area contributed by atoms with Crippen LogP contribution in [0, 0.1) is 0 Å². The van der Waals surface area contributed by atoms with Crippen molar-refractivity contribution >= 4 is 16.9 Å². The predicted octanol–water partition coefficient (Wildman–Crippen LogP) is 2.19. The molecule has 0 radical (unpaired) electrons. The summed E-state index contributed by atoms with van der Waals surface area (Å²) in [6.07, 6.45) is 1.78. The van der Waals surface area contributed by atoms with E-state index < -0.39 is 0 Å². The van der Waals surface area contributed by atoms with Crippen LogP contribution < -0.4 is 5.73 Å². The Morgan fingerprint density at radius 1 is 1.39 bits per heavy atom. The predicted molar refractivity (Wildman–Crippen MR) is 71.9 cm³/mol. The summed E-state index contributed by atoms with van der Waals surface area (Å²) in [6.45, 7) is 4.31. The highest BCUT2D eigenvalue weighted by atomic mass is 15.3. The van der Waals surface area contributed by atoms with Crippen molar-refractivity contribution in [1.29, 1.82) is 0 Å². The van der Waals surface area contributed by atoms with Crippen LogP contribution in [0.5, 0.6) is 0 Å². The van der Waals surface area contributed by atoms with Gasteiger partial charge in [-0.25, -0.2) is 4.98 Å². The van der Waals surface area contributed by atoms with Gasteiger partial charge in [-0.2, -0.15) is 5.10 Å². The van der Waals surface area contributed by atoms with Crippen LogP contribution in [0.3, 0.4) is 0 Å². The first-order valence-electron chi connectivity index (χ1n) is 5.67. The van der Waals surface area contributed by atoms with E-state index in [1.54, 1.807) is 16.8 Å². The average Bonchev–Trinajstić information content (AvgIpc) is 2.92. The Hall–Kier alpha value is -2.56. The maximum absolute atomic E-state index is 5.73. The number of hydrogen-bond donors (Lipinski definition) is 2. The van der Waals surface area contributed by atoms with Crippen molar-refractivity contribution in [1.82, 2.24) is 19.7 Å². The lowest BCUT2D eigenvalue weighted by Gasteiger charge is -2.00. The molecule has 18 heavy (non-hydrogen) atoms. The third-order valence-corrected chi connectivity index (χ3v) is 2.73. The van der Waals surface area contributed by atoms with Gasteiger partial charge >= 0.3 is 0 Å². The number of nitrogen functional groups attached to an aromatic ring is 1. The SMILES string of the molecule is C=CCn1nc(N)cc1-c1nc2ccccc2[nH]1. The standard InChI is InChI=1S/C13H13N5/c1-2-7-18-11(8-12(14)17-18)13-15-9-5-3-4-6-10(9)16-13/h2-6,8H,1,7H2,(H2,14,17)(H,15,16). The molecule has 1 aromatic carbocycles. The second kappa shape index (κ2) is 4.03. The molecule has 0 aliphatic heterocycles. The quantitative estimate of drug-likeness (QED) is 0.688. The summed E-state index contributed by atoms with van der Waals surface area (Å²) < 4.78 is 1.78. The second-order valence-electron chi connectivity index (χ2n) is 4.03. The molecule has 2 heterocycles. The molecule has 0 aliphatic carbocycles. The van der Waals surface area contributed by atoms with E-state index in [9.17, 15) is 0 Å². The minimum atomic E-state index is 0.479. The van der Waals surface area contributed by atoms with Crippen molar-refractivity contribution in [2.75, 3.05) is 5.73 Å². The third kappa shape index (κ3) is 1.66. The molecule has 3 rings (SSSR count). The highest BCUT2D eigenvalue weighted by Crippen LogP contribution is 2.22. The van der Waals surface area contributed by atoms with Crippen molar-refractivity contribution in [2.45, 2.75) is 6.54 Å². The summed E-state index contributed by atoms with van der Waals surface area (Å²) in [6, 6.07) is 9.69. The number of nitrogens with two attached hydrogens (primary N) is 1. The van der Waals surface area contributed by atoms with E-state index in [1.165, 1.54) is 0 Å². The van der Waals surface area contributed by atoms with Gasteiger partial charge in [-0.1, -0.05) is 18.2 Å². The fourth-order valence-corrected chi connectivity index (χ4v) is 1.96. The zero-order chi connectivity index (χ0) is 12.5. The molecule has 0 saturated carbocycles. The third-order valence-electron chi connectivity index (χ3n) is 2.73. The minimum Gasteiger partial charge on any atom is -0.382 e. The van der Waals surface area contributed by atoms with Gasteiger partial charge in [0.05, 0.1) is 17.6 Å². The first-order chi connectivity index (χ1) is 8.78. The van der Waals surface area contributed by atoms with Crippen LogP contribution in [-0.4, -0.2) is 19.7 Å². The Morgan fingerprint density at radius 2 is 2.22 bits per heavy atom. The van der Waals surface area contributed by atoms with Crippen LogP contribution in [0.4, 0.5) is 5.82 Å². The number of nitrogens with zero attached hydrogens (tertiary/aromatic N) is 3. The first kappa shape index (κ1) is 10.6. The molecule has 0 bridgehead atoms. The van der Waals surface area contributed by atoms with Crippen LogP contribution in [0.1, 0.15) is 0 Å². The van der Waals surface area contributed by atoms with Gasteiger partial charge < -0.3 is 10.7 Å². The van der Waals surface area contributed by atoms with Crippen molar-refractivity contribution < 1.29 is 0 Å². The molecule has 5 nitrogen and oxygen atoms in total. The summed E-state index contributed by atoms with van der Waals surface area (Å²) >= 11 is 0. The summed E-state index contributed by atoms with van der Waals surface area (Å²) in [4.78, 5) is 7.80. The van der Waals surface area contributed by atoms with E-state index >= 15 is 0 Å². The number of fused-ring (bicyclic) bond motifs is 1. The number of allylic oxidation sites excluding steroid dienone is 1. The van der Waals surface area contributed by atoms with Crippen molar-refractivity contribution in [3.8, 4) is 11.5 Å². The minimum absolute atomic E-state index is 0.479. The van der Waals surface area contributed by atoms with E-state index in [1.807, 2.05) is 24.3 Å². The topological polar surface area (TPSA) is 72.5 Å². The molecule has 2 aromatic heterocycles. The van der Waals surface area contributed by atoms with Gasteiger partial charge in [-0.3, -0.25) is 4.68 Å². The lowest BCUT2D eigenvalue weighted by atomic mass is 10.3. The molecule has 3 aromatic rings. The Balaban J connectivity index is 2.16. The van der Waals surface area contributed by atoms with Crippen molar-refractivity contribution in [3.05, 3.63) is 43.0 Å². The molecule has 0 aliphatic rings. The zero-order valence-corrected chi connectivity index (χ0v) is 9.80. The monoisotopic (exact) mass is 239 g/mol. The second-order valence-corrected chi connectivity index (χ2v) is 4.03.